The largest absolute Gasteiger partial charge is 0.398 e. The Hall–Kier alpha value is -3.10. The average Bonchev–Trinajstić information content (AvgIpc) is 3.03. The van der Waals surface area contributed by atoms with Crippen LogP contribution in [0.3, 0.4) is 0 Å². The number of hydrogen-bond donors (Lipinski definition) is 2. The molecular weight excluding hydrogens is 348 g/mol. The van der Waals surface area contributed by atoms with Crippen LogP contribution in [-0.4, -0.2) is 20.8 Å². The van der Waals surface area contributed by atoms with Crippen molar-refractivity contribution in [2.45, 2.75) is 45.8 Å². The van der Waals surface area contributed by atoms with Gasteiger partial charge in [0.05, 0.1) is 18.3 Å². The Kier molecular flexibility index (Phi) is 6.13. The Morgan fingerprint density at radius 3 is 2.54 bits per heavy atom. The second-order valence-electron chi connectivity index (χ2n) is 7.04. The highest BCUT2D eigenvalue weighted by Crippen LogP contribution is 2.37. The molecule has 3 rings (SSSR count). The normalized spacial score (nSPS) is 11.9. The van der Waals surface area contributed by atoms with Gasteiger partial charge in [-0.3, -0.25) is 0 Å². The molecule has 0 aliphatic rings. The molecule has 3 N–H and O–H groups in total. The number of aliphatic hydroxyl groups excluding tert-OH is 1. The predicted octanol–water partition coefficient (Wildman–Crippen LogP) is 5.07. The molecule has 5 nitrogen and oxygen atoms in total. The molecule has 0 amide bonds. The number of nitrogen functional groups attached to an aromatic ring is 1. The maximum atomic E-state index is 10.0. The quantitative estimate of drug-likeness (QED) is 0.448. The van der Waals surface area contributed by atoms with E-state index in [9.17, 15) is 5.11 Å². The van der Waals surface area contributed by atoms with Crippen LogP contribution < -0.4 is 5.73 Å². The van der Waals surface area contributed by atoms with Crippen LogP contribution >= 0.6 is 0 Å². The van der Waals surface area contributed by atoms with Crippen LogP contribution in [0.5, 0.6) is 0 Å². The lowest BCUT2D eigenvalue weighted by Gasteiger charge is -2.15. The smallest absolute Gasteiger partial charge is 0.295 e. The third-order valence-corrected chi connectivity index (χ3v) is 4.75. The molecule has 1 atom stereocenters. The van der Waals surface area contributed by atoms with Crippen molar-refractivity contribution in [3.63, 3.8) is 0 Å². The van der Waals surface area contributed by atoms with Crippen LogP contribution in [-0.2, 0) is 13.0 Å². The molecule has 1 heterocycles. The first kappa shape index (κ1) is 19.7. The maximum Gasteiger partial charge on any atom is 0.295 e. The van der Waals surface area contributed by atoms with Gasteiger partial charge in [-0.2, -0.15) is 0 Å². The van der Waals surface area contributed by atoms with Gasteiger partial charge in [-0.1, -0.05) is 62.4 Å². The molecule has 1 aromatic heterocycles. The van der Waals surface area contributed by atoms with Crippen molar-refractivity contribution in [3.8, 4) is 22.4 Å². The molecule has 0 bridgehead atoms. The summed E-state index contributed by atoms with van der Waals surface area (Å²) in [5, 5.41) is 10.0. The van der Waals surface area contributed by atoms with E-state index in [1.54, 1.807) is 6.92 Å². The minimum atomic E-state index is -0.545. The van der Waals surface area contributed by atoms with Crippen LogP contribution in [0.15, 0.2) is 48.5 Å². The lowest BCUT2D eigenvalue weighted by atomic mass is 10.0. The Morgan fingerprint density at radius 1 is 1.18 bits per heavy atom. The van der Waals surface area contributed by atoms with Gasteiger partial charge in [-0.15, -0.1) is 4.98 Å². The predicted molar refractivity (Wildman–Crippen MR) is 114 cm³/mol. The topological polar surface area (TPSA) is 68.4 Å². The van der Waals surface area contributed by atoms with E-state index in [0.29, 0.717) is 23.7 Å². The molecule has 0 saturated heterocycles. The number of aromatic nitrogens is 2. The minimum Gasteiger partial charge on any atom is -0.398 e. The first-order chi connectivity index (χ1) is 13.5. The molecule has 2 aromatic carbocycles. The van der Waals surface area contributed by atoms with Crippen molar-refractivity contribution in [1.82, 2.24) is 9.55 Å². The zero-order valence-electron chi connectivity index (χ0n) is 16.4. The van der Waals surface area contributed by atoms with Crippen molar-refractivity contribution < 1.29 is 5.11 Å². The van der Waals surface area contributed by atoms with Gasteiger partial charge in [-0.05, 0) is 30.5 Å². The number of rotatable bonds is 7. The first-order valence-electron chi connectivity index (χ1n) is 9.65. The van der Waals surface area contributed by atoms with E-state index in [0.717, 1.165) is 41.8 Å². The fourth-order valence-electron chi connectivity index (χ4n) is 3.40. The zero-order valence-corrected chi connectivity index (χ0v) is 16.4. The number of nitrogens with two attached hydrogens (primary N) is 1. The second-order valence-corrected chi connectivity index (χ2v) is 7.04. The molecule has 144 valence electrons. The van der Waals surface area contributed by atoms with E-state index in [2.05, 4.69) is 16.8 Å². The monoisotopic (exact) mass is 374 g/mol. The summed E-state index contributed by atoms with van der Waals surface area (Å²) >= 11 is 0. The standard InChI is InChI=1S/C23H26N4O/c1-4-5-11-21-26-23(25-3)22(27(21)15-16(2)28)19-13-12-18(14-20(19)24)17-9-7-6-8-10-17/h6-10,12-14,16,28H,4-5,11,15,24H2,1-2H3. The second kappa shape index (κ2) is 8.73. The lowest BCUT2D eigenvalue weighted by Crippen LogP contribution is -2.15. The highest BCUT2D eigenvalue weighted by Gasteiger charge is 2.23. The van der Waals surface area contributed by atoms with Gasteiger partial charge in [0.25, 0.3) is 5.82 Å². The van der Waals surface area contributed by atoms with Gasteiger partial charge in [0.1, 0.15) is 0 Å². The van der Waals surface area contributed by atoms with Gasteiger partial charge >= 0.3 is 0 Å². The third-order valence-electron chi connectivity index (χ3n) is 4.75. The van der Waals surface area contributed by atoms with Gasteiger partial charge in [-0.25, -0.2) is 0 Å². The Morgan fingerprint density at radius 2 is 1.93 bits per heavy atom. The summed E-state index contributed by atoms with van der Waals surface area (Å²) in [6.45, 7) is 11.8. The van der Waals surface area contributed by atoms with Crippen LogP contribution in [0.25, 0.3) is 27.2 Å². The summed E-state index contributed by atoms with van der Waals surface area (Å²) in [5.74, 6) is 1.17. The van der Waals surface area contributed by atoms with E-state index >= 15 is 0 Å². The number of aliphatic hydroxyl groups is 1. The molecule has 0 saturated carbocycles. The molecule has 0 radical (unpaired) electrons. The van der Waals surface area contributed by atoms with Crippen LogP contribution in [0.2, 0.25) is 0 Å². The molecule has 0 aliphatic carbocycles. The average molecular weight is 374 g/mol. The number of unbranched alkanes of at least 4 members (excludes halogenated alkanes) is 1. The van der Waals surface area contributed by atoms with E-state index in [-0.39, 0.29) is 0 Å². The fourth-order valence-corrected chi connectivity index (χ4v) is 3.40. The molecule has 3 aromatic rings. The molecule has 0 fully saturated rings. The number of imidazole rings is 1. The number of hydrogen-bond acceptors (Lipinski definition) is 3. The van der Waals surface area contributed by atoms with Gasteiger partial charge in [0.15, 0.2) is 0 Å². The summed E-state index contributed by atoms with van der Waals surface area (Å²) in [5.41, 5.74) is 10.6. The molecule has 5 heteroatoms. The number of nitrogens with zero attached hydrogens (tertiary/aromatic N) is 3. The highest BCUT2D eigenvalue weighted by molar-refractivity contribution is 5.85. The van der Waals surface area contributed by atoms with Crippen molar-refractivity contribution in [1.29, 1.82) is 0 Å². The van der Waals surface area contributed by atoms with Crippen LogP contribution in [0, 0.1) is 6.57 Å². The molecule has 0 aliphatic heterocycles. The third kappa shape index (κ3) is 4.08. The van der Waals surface area contributed by atoms with Gasteiger partial charge < -0.3 is 20.3 Å². The van der Waals surface area contributed by atoms with Gasteiger partial charge in [0, 0.05) is 17.7 Å². The Labute approximate surface area is 166 Å². The lowest BCUT2D eigenvalue weighted by molar-refractivity contribution is 0.173. The summed E-state index contributed by atoms with van der Waals surface area (Å²) in [7, 11) is 0. The van der Waals surface area contributed by atoms with Crippen LogP contribution in [0.4, 0.5) is 11.5 Å². The minimum absolute atomic E-state index is 0.339. The van der Waals surface area contributed by atoms with E-state index < -0.39 is 6.10 Å². The molecule has 1 unspecified atom stereocenters. The Balaban J connectivity index is 2.11. The Bertz CT molecular complexity index is 984. The molecular formula is C23H26N4O. The highest BCUT2D eigenvalue weighted by atomic mass is 16.3. The summed E-state index contributed by atoms with van der Waals surface area (Å²) < 4.78 is 1.96. The van der Waals surface area contributed by atoms with Gasteiger partial charge in [0.2, 0.25) is 5.82 Å². The summed E-state index contributed by atoms with van der Waals surface area (Å²) in [6.07, 6.45) is 2.25. The van der Waals surface area contributed by atoms with E-state index in [4.69, 9.17) is 12.3 Å². The van der Waals surface area contributed by atoms with E-state index in [1.807, 2.05) is 53.1 Å². The van der Waals surface area contributed by atoms with Crippen molar-refractivity contribution in [3.05, 3.63) is 65.8 Å². The number of anilines is 1. The van der Waals surface area contributed by atoms with Crippen molar-refractivity contribution in [2.75, 3.05) is 5.73 Å². The zero-order chi connectivity index (χ0) is 20.1. The van der Waals surface area contributed by atoms with Crippen molar-refractivity contribution in [2.24, 2.45) is 0 Å². The van der Waals surface area contributed by atoms with Crippen LogP contribution in [0.1, 0.15) is 32.5 Å². The molecule has 28 heavy (non-hydrogen) atoms. The van der Waals surface area contributed by atoms with E-state index in [1.165, 1.54) is 0 Å². The number of aryl methyl sites for hydroxylation is 1. The fraction of sp³-hybridized carbons (Fsp3) is 0.304. The molecule has 0 spiro atoms. The SMILES string of the molecule is [C-]#[N+]c1nc(CCCC)n(CC(C)O)c1-c1ccc(-c2ccccc2)cc1N. The maximum absolute atomic E-state index is 10.0. The number of benzene rings is 2. The summed E-state index contributed by atoms with van der Waals surface area (Å²) in [6, 6.07) is 16.0. The first-order valence-corrected chi connectivity index (χ1v) is 9.65. The van der Waals surface area contributed by atoms with Crippen molar-refractivity contribution >= 4 is 11.5 Å². The summed E-state index contributed by atoms with van der Waals surface area (Å²) in [4.78, 5) is 8.21.